The molecule has 0 saturated carbocycles. The van der Waals surface area contributed by atoms with Crippen LogP contribution >= 0.6 is 0 Å². The quantitative estimate of drug-likeness (QED) is 0.798. The zero-order valence-electron chi connectivity index (χ0n) is 9.94. The van der Waals surface area contributed by atoms with Crippen molar-refractivity contribution in [2.45, 2.75) is 13.5 Å². The molecule has 6 heteroatoms. The van der Waals surface area contributed by atoms with Crippen LogP contribution in [0.2, 0.25) is 0 Å². The van der Waals surface area contributed by atoms with Crippen molar-refractivity contribution in [3.05, 3.63) is 36.0 Å². The molecule has 5 nitrogen and oxygen atoms in total. The molecule has 0 atom stereocenters. The first-order valence-corrected chi connectivity index (χ1v) is 5.55. The molecule has 0 fully saturated rings. The number of halogens is 1. The van der Waals surface area contributed by atoms with Crippen molar-refractivity contribution in [2.75, 3.05) is 17.7 Å². The van der Waals surface area contributed by atoms with Gasteiger partial charge in [0.25, 0.3) is 0 Å². The Hall–Kier alpha value is -2.24. The maximum absolute atomic E-state index is 13.5. The molecule has 3 N–H and O–H groups in total. The van der Waals surface area contributed by atoms with Gasteiger partial charge in [-0.2, -0.15) is 0 Å². The number of anilines is 2. The molecule has 2 rings (SSSR count). The van der Waals surface area contributed by atoms with Gasteiger partial charge in [0, 0.05) is 18.2 Å². The fourth-order valence-corrected chi connectivity index (χ4v) is 1.50. The van der Waals surface area contributed by atoms with E-state index in [1.54, 1.807) is 13.0 Å². The summed E-state index contributed by atoms with van der Waals surface area (Å²) in [6.45, 7) is 2.62. The normalized spacial score (nSPS) is 10.3. The third-order valence-electron chi connectivity index (χ3n) is 2.36. The van der Waals surface area contributed by atoms with Gasteiger partial charge in [-0.05, 0) is 6.92 Å². The van der Waals surface area contributed by atoms with Crippen molar-refractivity contribution < 1.29 is 13.7 Å². The lowest BCUT2D eigenvalue weighted by molar-refractivity contribution is 0.322. The van der Waals surface area contributed by atoms with Crippen LogP contribution in [0.15, 0.2) is 29.0 Å². The second kappa shape index (κ2) is 5.39. The summed E-state index contributed by atoms with van der Waals surface area (Å²) in [7, 11) is 0. The number of nitrogens with one attached hydrogen (secondary N) is 1. The Morgan fingerprint density at radius 3 is 3.00 bits per heavy atom. The van der Waals surface area contributed by atoms with Gasteiger partial charge in [0.05, 0.1) is 24.5 Å². The summed E-state index contributed by atoms with van der Waals surface area (Å²) in [5.74, 6) is -0.296. The van der Waals surface area contributed by atoms with E-state index in [0.29, 0.717) is 24.5 Å². The summed E-state index contributed by atoms with van der Waals surface area (Å²) >= 11 is 0. The molecule has 2 aromatic rings. The average molecular weight is 251 g/mol. The standard InChI is InChI=1S/C12H14FN3O2/c1-2-17-12-6-11(10(14)5-9(12)13)15-7-8-3-4-18-16-8/h3-6,15H,2,7,14H2,1H3. The lowest BCUT2D eigenvalue weighted by Gasteiger charge is -2.11. The summed E-state index contributed by atoms with van der Waals surface area (Å²) in [4.78, 5) is 0. The van der Waals surface area contributed by atoms with E-state index in [9.17, 15) is 4.39 Å². The molecule has 18 heavy (non-hydrogen) atoms. The smallest absolute Gasteiger partial charge is 0.167 e. The highest BCUT2D eigenvalue weighted by atomic mass is 19.1. The fraction of sp³-hybridized carbons (Fsp3) is 0.250. The van der Waals surface area contributed by atoms with Crippen LogP contribution in [0, 0.1) is 5.82 Å². The summed E-state index contributed by atoms with van der Waals surface area (Å²) in [6, 6.07) is 4.50. The number of ether oxygens (including phenoxy) is 1. The van der Waals surface area contributed by atoms with E-state index in [4.69, 9.17) is 15.0 Å². The summed E-state index contributed by atoms with van der Waals surface area (Å²) < 4.78 is 23.3. The lowest BCUT2D eigenvalue weighted by atomic mass is 10.2. The highest BCUT2D eigenvalue weighted by Crippen LogP contribution is 2.28. The van der Waals surface area contributed by atoms with E-state index in [0.717, 1.165) is 5.69 Å². The molecule has 0 aliphatic heterocycles. The minimum atomic E-state index is -0.471. The Morgan fingerprint density at radius 1 is 1.50 bits per heavy atom. The lowest BCUT2D eigenvalue weighted by Crippen LogP contribution is -2.04. The third-order valence-corrected chi connectivity index (χ3v) is 2.36. The molecule has 1 aromatic heterocycles. The van der Waals surface area contributed by atoms with E-state index in [1.165, 1.54) is 18.4 Å². The van der Waals surface area contributed by atoms with Gasteiger partial charge in [0.15, 0.2) is 11.6 Å². The third kappa shape index (κ3) is 2.71. The molecule has 1 aromatic carbocycles. The highest BCUT2D eigenvalue weighted by Gasteiger charge is 2.09. The average Bonchev–Trinajstić information content (AvgIpc) is 2.84. The number of nitrogen functional groups attached to an aromatic ring is 1. The molecule has 0 spiro atoms. The van der Waals surface area contributed by atoms with Gasteiger partial charge in [0.1, 0.15) is 12.0 Å². The monoisotopic (exact) mass is 251 g/mol. The van der Waals surface area contributed by atoms with E-state index in [1.807, 2.05) is 0 Å². The predicted molar refractivity (Wildman–Crippen MR) is 65.8 cm³/mol. The van der Waals surface area contributed by atoms with Crippen LogP contribution in [-0.2, 0) is 6.54 Å². The van der Waals surface area contributed by atoms with Gasteiger partial charge in [-0.15, -0.1) is 0 Å². The van der Waals surface area contributed by atoms with Gasteiger partial charge in [0.2, 0.25) is 0 Å². The summed E-state index contributed by atoms with van der Waals surface area (Å²) in [5, 5.41) is 6.80. The minimum absolute atomic E-state index is 0.175. The molecule has 0 aliphatic rings. The largest absolute Gasteiger partial charge is 0.491 e. The second-order valence-corrected chi connectivity index (χ2v) is 3.65. The van der Waals surface area contributed by atoms with Crippen molar-refractivity contribution in [3.63, 3.8) is 0 Å². The molecule has 0 bridgehead atoms. The maximum atomic E-state index is 13.5. The van der Waals surface area contributed by atoms with Crippen LogP contribution in [-0.4, -0.2) is 11.8 Å². The zero-order chi connectivity index (χ0) is 13.0. The Morgan fingerprint density at radius 2 is 2.33 bits per heavy atom. The molecule has 0 aliphatic carbocycles. The number of hydrogen-bond donors (Lipinski definition) is 2. The van der Waals surface area contributed by atoms with Crippen LogP contribution in [0.4, 0.5) is 15.8 Å². The molecular formula is C12H14FN3O2. The topological polar surface area (TPSA) is 73.3 Å². The van der Waals surface area contributed by atoms with Gasteiger partial charge in [-0.1, -0.05) is 5.16 Å². The first-order chi connectivity index (χ1) is 8.70. The predicted octanol–water partition coefficient (Wildman–Crippen LogP) is 2.41. The van der Waals surface area contributed by atoms with Crippen molar-refractivity contribution in [3.8, 4) is 5.75 Å². The van der Waals surface area contributed by atoms with Crippen LogP contribution in [0.5, 0.6) is 5.75 Å². The van der Waals surface area contributed by atoms with Gasteiger partial charge in [-0.3, -0.25) is 0 Å². The molecule has 0 radical (unpaired) electrons. The number of nitrogens with two attached hydrogens (primary N) is 1. The molecule has 0 unspecified atom stereocenters. The second-order valence-electron chi connectivity index (χ2n) is 3.65. The zero-order valence-corrected chi connectivity index (χ0v) is 9.94. The minimum Gasteiger partial charge on any atom is -0.491 e. The molecular weight excluding hydrogens is 237 g/mol. The van der Waals surface area contributed by atoms with Crippen molar-refractivity contribution in [1.82, 2.24) is 5.16 Å². The maximum Gasteiger partial charge on any atom is 0.167 e. The van der Waals surface area contributed by atoms with Crippen LogP contribution in [0.25, 0.3) is 0 Å². The van der Waals surface area contributed by atoms with E-state index < -0.39 is 5.82 Å². The van der Waals surface area contributed by atoms with Gasteiger partial charge < -0.3 is 20.3 Å². The van der Waals surface area contributed by atoms with E-state index >= 15 is 0 Å². The Labute approximate surface area is 104 Å². The number of benzene rings is 1. The highest BCUT2D eigenvalue weighted by molar-refractivity contribution is 5.68. The fourth-order valence-electron chi connectivity index (χ4n) is 1.50. The Kier molecular flexibility index (Phi) is 3.66. The van der Waals surface area contributed by atoms with Crippen LogP contribution in [0.1, 0.15) is 12.6 Å². The molecule has 0 amide bonds. The number of aromatic nitrogens is 1. The molecule has 1 heterocycles. The van der Waals surface area contributed by atoms with Crippen LogP contribution < -0.4 is 15.8 Å². The Balaban J connectivity index is 2.13. The van der Waals surface area contributed by atoms with Crippen molar-refractivity contribution in [1.29, 1.82) is 0 Å². The number of hydrogen-bond acceptors (Lipinski definition) is 5. The van der Waals surface area contributed by atoms with Crippen molar-refractivity contribution >= 4 is 11.4 Å². The summed E-state index contributed by atoms with van der Waals surface area (Å²) in [5.41, 5.74) is 7.38. The first kappa shape index (κ1) is 12.2. The number of nitrogens with zero attached hydrogens (tertiary/aromatic N) is 1. The number of rotatable bonds is 5. The van der Waals surface area contributed by atoms with Crippen LogP contribution in [0.3, 0.4) is 0 Å². The molecule has 96 valence electrons. The van der Waals surface area contributed by atoms with E-state index in [2.05, 4.69) is 10.5 Å². The molecule has 0 saturated heterocycles. The summed E-state index contributed by atoms with van der Waals surface area (Å²) in [6.07, 6.45) is 1.48. The van der Waals surface area contributed by atoms with Gasteiger partial charge in [-0.25, -0.2) is 4.39 Å². The van der Waals surface area contributed by atoms with Crippen molar-refractivity contribution in [2.24, 2.45) is 0 Å². The Bertz CT molecular complexity index is 514. The van der Waals surface area contributed by atoms with Gasteiger partial charge >= 0.3 is 0 Å². The SMILES string of the molecule is CCOc1cc(NCc2ccon2)c(N)cc1F. The van der Waals surface area contributed by atoms with E-state index in [-0.39, 0.29) is 5.75 Å². The first-order valence-electron chi connectivity index (χ1n) is 5.55.